The second kappa shape index (κ2) is 7.06. The number of hydrogen-bond acceptors (Lipinski definition) is 6. The average Bonchev–Trinajstić information content (AvgIpc) is 3.38. The van der Waals surface area contributed by atoms with E-state index in [9.17, 15) is 4.79 Å². The SMILES string of the molecule is Cc1ccc(CN2CCC3(CC2)CN(c2ncccn2)C[C@]32CCN(C)C2=O)s1. The van der Waals surface area contributed by atoms with Gasteiger partial charge in [0.25, 0.3) is 0 Å². The molecule has 3 aliphatic heterocycles. The largest absolute Gasteiger partial charge is 0.345 e. The van der Waals surface area contributed by atoms with Gasteiger partial charge in [0.15, 0.2) is 0 Å². The molecule has 29 heavy (non-hydrogen) atoms. The van der Waals surface area contributed by atoms with Crippen molar-refractivity contribution in [3.63, 3.8) is 0 Å². The molecule has 1 amide bonds. The lowest BCUT2D eigenvalue weighted by molar-refractivity contribution is -0.141. The lowest BCUT2D eigenvalue weighted by atomic mass is 9.60. The first kappa shape index (κ1) is 19.0. The topological polar surface area (TPSA) is 52.6 Å². The molecule has 1 atom stereocenters. The van der Waals surface area contributed by atoms with Gasteiger partial charge < -0.3 is 9.80 Å². The fraction of sp³-hybridized carbons (Fsp3) is 0.591. The summed E-state index contributed by atoms with van der Waals surface area (Å²) in [6, 6.07) is 6.32. The number of nitrogens with zero attached hydrogens (tertiary/aromatic N) is 5. The Kier molecular flexibility index (Phi) is 4.62. The van der Waals surface area contributed by atoms with Gasteiger partial charge in [-0.15, -0.1) is 11.3 Å². The molecular formula is C22H29N5OS. The third-order valence-electron chi connectivity index (χ3n) is 7.42. The average molecular weight is 412 g/mol. The monoisotopic (exact) mass is 411 g/mol. The van der Waals surface area contributed by atoms with E-state index in [4.69, 9.17) is 0 Å². The summed E-state index contributed by atoms with van der Waals surface area (Å²) in [4.78, 5) is 32.0. The maximum absolute atomic E-state index is 13.4. The number of thiophene rings is 1. The number of rotatable bonds is 3. The highest BCUT2D eigenvalue weighted by molar-refractivity contribution is 7.11. The van der Waals surface area contributed by atoms with Crippen molar-refractivity contribution in [2.24, 2.45) is 10.8 Å². The van der Waals surface area contributed by atoms with Crippen molar-refractivity contribution >= 4 is 23.2 Å². The number of piperidine rings is 1. The van der Waals surface area contributed by atoms with Crippen LogP contribution in [0.3, 0.4) is 0 Å². The lowest BCUT2D eigenvalue weighted by Crippen LogP contribution is -2.52. The van der Waals surface area contributed by atoms with Gasteiger partial charge in [-0.1, -0.05) is 0 Å². The van der Waals surface area contributed by atoms with E-state index in [1.54, 1.807) is 12.4 Å². The second-order valence-corrected chi connectivity index (χ2v) is 10.4. The number of carbonyl (C=O) groups excluding carboxylic acids is 1. The molecule has 154 valence electrons. The van der Waals surface area contributed by atoms with Crippen molar-refractivity contribution in [1.29, 1.82) is 0 Å². The molecule has 3 fully saturated rings. The third kappa shape index (κ3) is 3.06. The smallest absolute Gasteiger partial charge is 0.231 e. The van der Waals surface area contributed by atoms with Crippen molar-refractivity contribution in [2.75, 3.05) is 44.7 Å². The van der Waals surface area contributed by atoms with E-state index in [0.29, 0.717) is 5.91 Å². The van der Waals surface area contributed by atoms with Gasteiger partial charge in [-0.3, -0.25) is 9.69 Å². The Morgan fingerprint density at radius 3 is 2.45 bits per heavy atom. The first-order valence-electron chi connectivity index (χ1n) is 10.6. The predicted octanol–water partition coefficient (Wildman–Crippen LogP) is 2.80. The van der Waals surface area contributed by atoms with Gasteiger partial charge in [-0.05, 0) is 57.5 Å². The maximum Gasteiger partial charge on any atom is 0.231 e. The second-order valence-electron chi connectivity index (χ2n) is 9.03. The van der Waals surface area contributed by atoms with Gasteiger partial charge in [0.2, 0.25) is 11.9 Å². The van der Waals surface area contributed by atoms with E-state index in [-0.39, 0.29) is 10.8 Å². The van der Waals surface area contributed by atoms with Crippen LogP contribution >= 0.6 is 11.3 Å². The predicted molar refractivity (Wildman–Crippen MR) is 115 cm³/mol. The highest BCUT2D eigenvalue weighted by Gasteiger charge is 2.65. The fourth-order valence-corrected chi connectivity index (χ4v) is 6.73. The summed E-state index contributed by atoms with van der Waals surface area (Å²) in [5.74, 6) is 1.10. The number of fused-ring (bicyclic) bond motifs is 1. The zero-order chi connectivity index (χ0) is 20.1. The lowest BCUT2D eigenvalue weighted by Gasteiger charge is -2.46. The Morgan fingerprint density at radius 1 is 1.07 bits per heavy atom. The van der Waals surface area contributed by atoms with Crippen LogP contribution < -0.4 is 4.90 Å². The normalized spacial score (nSPS) is 26.9. The highest BCUT2D eigenvalue weighted by Crippen LogP contribution is 2.58. The quantitative estimate of drug-likeness (QED) is 0.777. The number of hydrogen-bond donors (Lipinski definition) is 0. The van der Waals surface area contributed by atoms with Gasteiger partial charge in [-0.25, -0.2) is 9.97 Å². The van der Waals surface area contributed by atoms with E-state index in [0.717, 1.165) is 64.5 Å². The van der Waals surface area contributed by atoms with Crippen LogP contribution in [0.4, 0.5) is 5.95 Å². The minimum Gasteiger partial charge on any atom is -0.345 e. The van der Waals surface area contributed by atoms with E-state index in [1.165, 1.54) is 9.75 Å². The molecule has 0 saturated carbocycles. The molecule has 0 unspecified atom stereocenters. The molecule has 5 heterocycles. The molecule has 0 radical (unpaired) electrons. The summed E-state index contributed by atoms with van der Waals surface area (Å²) < 4.78 is 0. The van der Waals surface area contributed by atoms with Crippen LogP contribution in [0.2, 0.25) is 0 Å². The van der Waals surface area contributed by atoms with Crippen LogP contribution in [-0.2, 0) is 11.3 Å². The van der Waals surface area contributed by atoms with Crippen molar-refractivity contribution in [2.45, 2.75) is 32.7 Å². The van der Waals surface area contributed by atoms with Crippen LogP contribution in [-0.4, -0.2) is 65.4 Å². The third-order valence-corrected chi connectivity index (χ3v) is 8.41. The minimum atomic E-state index is -0.285. The van der Waals surface area contributed by atoms with Gasteiger partial charge in [0, 0.05) is 60.8 Å². The molecule has 3 saturated heterocycles. The summed E-state index contributed by atoms with van der Waals surface area (Å²) in [7, 11) is 1.96. The van der Waals surface area contributed by atoms with E-state index >= 15 is 0 Å². The van der Waals surface area contributed by atoms with Gasteiger partial charge in [0.1, 0.15) is 0 Å². The Balaban J connectivity index is 1.39. The Hall–Kier alpha value is -1.99. The minimum absolute atomic E-state index is 0.0237. The molecule has 0 N–H and O–H groups in total. The number of amides is 1. The first-order chi connectivity index (χ1) is 14.0. The Labute approximate surface area is 176 Å². The molecule has 2 aromatic heterocycles. The first-order valence-corrected chi connectivity index (χ1v) is 11.4. The zero-order valence-electron chi connectivity index (χ0n) is 17.3. The molecule has 5 rings (SSSR count). The molecule has 3 aliphatic rings. The molecule has 7 heteroatoms. The van der Waals surface area contributed by atoms with E-state index in [2.05, 4.69) is 38.8 Å². The number of likely N-dealkylation sites (tertiary alicyclic amines) is 2. The molecular weight excluding hydrogens is 382 g/mol. The summed E-state index contributed by atoms with van der Waals surface area (Å²) in [5.41, 5.74) is -0.261. The number of carbonyl (C=O) groups is 1. The Bertz CT molecular complexity index is 892. The standard InChI is InChI=1S/C22H29N5OS/c1-17-4-5-18(29-17)14-26-12-6-21(7-13-26)15-27(20-23-9-3-10-24-20)16-22(21)8-11-25(2)19(22)28/h3-5,9-10H,6-8,11-16H2,1-2H3/t22-/m0/s1. The van der Waals surface area contributed by atoms with Crippen LogP contribution in [0, 0.1) is 17.8 Å². The summed E-state index contributed by atoms with van der Waals surface area (Å²) in [5, 5.41) is 0. The molecule has 0 aliphatic carbocycles. The van der Waals surface area contributed by atoms with Crippen molar-refractivity contribution in [3.05, 3.63) is 40.3 Å². The van der Waals surface area contributed by atoms with Crippen LogP contribution in [0.5, 0.6) is 0 Å². The molecule has 0 bridgehead atoms. The van der Waals surface area contributed by atoms with Crippen LogP contribution in [0.1, 0.15) is 29.0 Å². The molecule has 0 aromatic carbocycles. The highest BCUT2D eigenvalue weighted by atomic mass is 32.1. The van der Waals surface area contributed by atoms with Crippen molar-refractivity contribution < 1.29 is 4.79 Å². The maximum atomic E-state index is 13.4. The van der Waals surface area contributed by atoms with Crippen molar-refractivity contribution in [3.8, 4) is 0 Å². The molecule has 2 aromatic rings. The Morgan fingerprint density at radius 2 is 1.83 bits per heavy atom. The molecule has 6 nitrogen and oxygen atoms in total. The van der Waals surface area contributed by atoms with Crippen LogP contribution in [0.15, 0.2) is 30.6 Å². The fourth-order valence-electron chi connectivity index (χ4n) is 5.80. The van der Waals surface area contributed by atoms with Gasteiger partial charge in [-0.2, -0.15) is 0 Å². The van der Waals surface area contributed by atoms with Gasteiger partial charge >= 0.3 is 0 Å². The number of aromatic nitrogens is 2. The van der Waals surface area contributed by atoms with Crippen molar-refractivity contribution in [1.82, 2.24) is 19.8 Å². The number of aryl methyl sites for hydroxylation is 1. The molecule has 2 spiro atoms. The summed E-state index contributed by atoms with van der Waals surface area (Å²) >= 11 is 1.90. The van der Waals surface area contributed by atoms with E-state index in [1.807, 2.05) is 29.4 Å². The zero-order valence-corrected chi connectivity index (χ0v) is 18.1. The number of anilines is 1. The van der Waals surface area contributed by atoms with E-state index < -0.39 is 0 Å². The van der Waals surface area contributed by atoms with Gasteiger partial charge in [0.05, 0.1) is 5.41 Å². The van der Waals surface area contributed by atoms with Crippen LogP contribution in [0.25, 0.3) is 0 Å². The summed E-state index contributed by atoms with van der Waals surface area (Å²) in [6.45, 7) is 7.82. The summed E-state index contributed by atoms with van der Waals surface area (Å²) in [6.07, 6.45) is 6.69.